The summed E-state index contributed by atoms with van der Waals surface area (Å²) in [5, 5.41) is 5.72. The summed E-state index contributed by atoms with van der Waals surface area (Å²) in [6, 6.07) is 0. The summed E-state index contributed by atoms with van der Waals surface area (Å²) < 4.78 is 0. The minimum absolute atomic E-state index is 0.0686. The molecule has 0 atom stereocenters. The molecule has 1 aromatic heterocycles. The minimum Gasteiger partial charge on any atom is -0.392 e. The number of nitrogen functional groups attached to an aromatic ring is 1. The quantitative estimate of drug-likeness (QED) is 0.460. The second-order valence-corrected chi connectivity index (χ2v) is 3.71. The molecule has 14 heavy (non-hydrogen) atoms. The number of hydrogen-bond donors (Lipinski definition) is 1. The van der Waals surface area contributed by atoms with E-state index in [0.717, 1.165) is 0 Å². The van der Waals surface area contributed by atoms with E-state index in [2.05, 4.69) is 10.1 Å². The Morgan fingerprint density at radius 3 is 2.93 bits per heavy atom. The van der Waals surface area contributed by atoms with Gasteiger partial charge in [-0.25, -0.2) is 4.98 Å². The Bertz CT molecular complexity index is 346. The highest BCUT2D eigenvalue weighted by Crippen LogP contribution is 2.11. The van der Waals surface area contributed by atoms with Crippen LogP contribution in [0.5, 0.6) is 0 Å². The van der Waals surface area contributed by atoms with E-state index in [1.54, 1.807) is 5.38 Å². The largest absolute Gasteiger partial charge is 0.392 e. The Morgan fingerprint density at radius 1 is 1.79 bits per heavy atom. The van der Waals surface area contributed by atoms with Crippen molar-refractivity contribution in [3.63, 3.8) is 0 Å². The zero-order valence-electron chi connectivity index (χ0n) is 7.93. The molecule has 0 unspecified atom stereocenters. The van der Waals surface area contributed by atoms with Gasteiger partial charge in [0.1, 0.15) is 11.8 Å². The van der Waals surface area contributed by atoms with Crippen LogP contribution in [0.3, 0.4) is 0 Å². The van der Waals surface area contributed by atoms with Crippen LogP contribution in [0.2, 0.25) is 0 Å². The number of nitrogens with zero attached hydrogens (tertiary/aromatic N) is 2. The Balaban J connectivity index is 2.81. The van der Waals surface area contributed by atoms with E-state index in [-0.39, 0.29) is 11.8 Å². The molecule has 0 bridgehead atoms. The number of thiazole rings is 1. The third kappa shape index (κ3) is 2.81. The topological polar surface area (TPSA) is 77.6 Å². The van der Waals surface area contributed by atoms with Gasteiger partial charge in [-0.05, 0) is 13.8 Å². The first-order valence-corrected chi connectivity index (χ1v) is 4.92. The molecule has 0 aromatic carbocycles. The van der Waals surface area contributed by atoms with E-state index >= 15 is 0 Å². The van der Waals surface area contributed by atoms with Gasteiger partial charge in [-0.15, -0.1) is 11.3 Å². The molecular formula is C8H11N3O2S. The van der Waals surface area contributed by atoms with Crippen molar-refractivity contribution in [2.45, 2.75) is 20.0 Å². The summed E-state index contributed by atoms with van der Waals surface area (Å²) in [7, 11) is 0. The lowest BCUT2D eigenvalue weighted by Crippen LogP contribution is -2.07. The van der Waals surface area contributed by atoms with Crippen molar-refractivity contribution in [1.82, 2.24) is 4.98 Å². The number of anilines is 1. The van der Waals surface area contributed by atoms with Crippen LogP contribution in [0.1, 0.15) is 19.5 Å². The lowest BCUT2D eigenvalue weighted by molar-refractivity contribution is -0.102. The maximum absolute atomic E-state index is 10.6. The van der Waals surface area contributed by atoms with Gasteiger partial charge >= 0.3 is 0 Å². The van der Waals surface area contributed by atoms with Crippen LogP contribution < -0.4 is 5.73 Å². The third-order valence-electron chi connectivity index (χ3n) is 1.26. The van der Waals surface area contributed by atoms with Crippen LogP contribution in [0.25, 0.3) is 0 Å². The van der Waals surface area contributed by atoms with Crippen LogP contribution in [0, 0.1) is 0 Å². The normalized spacial score (nSPS) is 11.8. The smallest absolute Gasteiger partial charge is 0.180 e. The van der Waals surface area contributed by atoms with Gasteiger partial charge in [0.15, 0.2) is 17.1 Å². The molecule has 0 saturated carbocycles. The standard InChI is InChI=1S/C8H11N3O2S/c1-5(2)13-11-6(3-12)7-4-14-8(9)10-7/h3-5H,1-2H3,(H2,9,10)/b11-6+. The maximum atomic E-state index is 10.6. The molecule has 0 aliphatic rings. The number of aldehydes is 1. The van der Waals surface area contributed by atoms with Crippen LogP contribution in [0.4, 0.5) is 5.13 Å². The van der Waals surface area contributed by atoms with Gasteiger partial charge in [0.25, 0.3) is 0 Å². The van der Waals surface area contributed by atoms with Gasteiger partial charge in [0.05, 0.1) is 0 Å². The highest BCUT2D eigenvalue weighted by molar-refractivity contribution is 7.13. The van der Waals surface area contributed by atoms with Crippen molar-refractivity contribution in [2.75, 3.05) is 5.73 Å². The molecule has 0 radical (unpaired) electrons. The molecule has 5 nitrogen and oxygen atoms in total. The molecule has 1 aromatic rings. The summed E-state index contributed by atoms with van der Waals surface area (Å²) in [5.41, 5.74) is 6.03. The number of aromatic nitrogens is 1. The molecule has 0 saturated heterocycles. The molecular weight excluding hydrogens is 202 g/mol. The summed E-state index contributed by atoms with van der Waals surface area (Å²) in [6.45, 7) is 3.64. The first-order chi connectivity index (χ1) is 6.63. The third-order valence-corrected chi connectivity index (χ3v) is 1.93. The Kier molecular flexibility index (Phi) is 3.58. The number of rotatable bonds is 4. The highest BCUT2D eigenvalue weighted by Gasteiger charge is 2.07. The Labute approximate surface area is 85.6 Å². The number of oxime groups is 1. The molecule has 2 N–H and O–H groups in total. The molecule has 0 aliphatic carbocycles. The average molecular weight is 213 g/mol. The number of nitrogens with two attached hydrogens (primary N) is 1. The van der Waals surface area contributed by atoms with Gasteiger partial charge < -0.3 is 10.6 Å². The molecule has 76 valence electrons. The zero-order chi connectivity index (χ0) is 10.6. The van der Waals surface area contributed by atoms with Crippen LogP contribution >= 0.6 is 11.3 Å². The first kappa shape index (κ1) is 10.6. The van der Waals surface area contributed by atoms with Crippen LogP contribution in [-0.4, -0.2) is 23.1 Å². The van der Waals surface area contributed by atoms with E-state index in [4.69, 9.17) is 10.6 Å². The lowest BCUT2D eigenvalue weighted by atomic mass is 10.3. The average Bonchev–Trinajstić information content (AvgIpc) is 2.53. The maximum Gasteiger partial charge on any atom is 0.180 e. The van der Waals surface area contributed by atoms with Gasteiger partial charge in [-0.1, -0.05) is 5.16 Å². The molecule has 0 amide bonds. The Morgan fingerprint density at radius 2 is 2.50 bits per heavy atom. The van der Waals surface area contributed by atoms with Crippen molar-refractivity contribution in [1.29, 1.82) is 0 Å². The number of carbonyl (C=O) groups excluding carboxylic acids is 1. The highest BCUT2D eigenvalue weighted by atomic mass is 32.1. The van der Waals surface area contributed by atoms with Crippen LogP contribution in [0.15, 0.2) is 10.5 Å². The van der Waals surface area contributed by atoms with Gasteiger partial charge in [0, 0.05) is 5.38 Å². The van der Waals surface area contributed by atoms with Crippen molar-refractivity contribution in [2.24, 2.45) is 5.16 Å². The van der Waals surface area contributed by atoms with E-state index < -0.39 is 0 Å². The molecule has 1 heterocycles. The van der Waals surface area contributed by atoms with E-state index in [0.29, 0.717) is 17.1 Å². The lowest BCUT2D eigenvalue weighted by Gasteiger charge is -2.01. The fourth-order valence-corrected chi connectivity index (χ4v) is 1.25. The predicted octanol–water partition coefficient (Wildman–Crippen LogP) is 1.05. The number of carbonyl (C=O) groups is 1. The summed E-state index contributed by atoms with van der Waals surface area (Å²) >= 11 is 1.25. The zero-order valence-corrected chi connectivity index (χ0v) is 8.75. The van der Waals surface area contributed by atoms with Crippen molar-refractivity contribution < 1.29 is 9.63 Å². The summed E-state index contributed by atoms with van der Waals surface area (Å²) in [6.07, 6.45) is 0.526. The van der Waals surface area contributed by atoms with Gasteiger partial charge in [-0.3, -0.25) is 4.79 Å². The second-order valence-electron chi connectivity index (χ2n) is 2.82. The Hall–Kier alpha value is -1.43. The fraction of sp³-hybridized carbons (Fsp3) is 0.375. The number of hydrogen-bond acceptors (Lipinski definition) is 6. The van der Waals surface area contributed by atoms with Crippen molar-refractivity contribution >= 4 is 28.5 Å². The molecule has 1 rings (SSSR count). The van der Waals surface area contributed by atoms with E-state index in [1.165, 1.54) is 11.3 Å². The molecule has 0 aliphatic heterocycles. The van der Waals surface area contributed by atoms with E-state index in [9.17, 15) is 4.79 Å². The van der Waals surface area contributed by atoms with Crippen molar-refractivity contribution in [3.8, 4) is 0 Å². The summed E-state index contributed by atoms with van der Waals surface area (Å²) in [4.78, 5) is 19.5. The summed E-state index contributed by atoms with van der Waals surface area (Å²) in [5.74, 6) is 0. The molecule has 0 fully saturated rings. The molecule has 0 spiro atoms. The second kappa shape index (κ2) is 4.71. The first-order valence-electron chi connectivity index (χ1n) is 4.04. The fourth-order valence-electron chi connectivity index (χ4n) is 0.696. The van der Waals surface area contributed by atoms with Crippen LogP contribution in [-0.2, 0) is 9.63 Å². The molecule has 6 heteroatoms. The van der Waals surface area contributed by atoms with E-state index in [1.807, 2.05) is 13.8 Å². The van der Waals surface area contributed by atoms with Gasteiger partial charge in [0.2, 0.25) is 0 Å². The minimum atomic E-state index is -0.0686. The SMILES string of the molecule is CC(C)O/N=C(\C=O)c1csc(N)n1. The van der Waals surface area contributed by atoms with Gasteiger partial charge in [-0.2, -0.15) is 0 Å². The van der Waals surface area contributed by atoms with Crippen molar-refractivity contribution in [3.05, 3.63) is 11.1 Å². The monoisotopic (exact) mass is 213 g/mol. The predicted molar refractivity (Wildman–Crippen MR) is 55.3 cm³/mol.